The van der Waals surface area contributed by atoms with Crippen LogP contribution in [0.4, 0.5) is 0 Å². The van der Waals surface area contributed by atoms with Gasteiger partial charge in [-0.2, -0.15) is 0 Å². The van der Waals surface area contributed by atoms with Crippen molar-refractivity contribution in [2.45, 2.75) is 5.32 Å². The average molecular weight is 306 g/mol. The van der Waals surface area contributed by atoms with Gasteiger partial charge in [0.05, 0.1) is 0 Å². The Morgan fingerprint density at radius 3 is 2.67 bits per heavy atom. The van der Waals surface area contributed by atoms with E-state index >= 15 is 0 Å². The van der Waals surface area contributed by atoms with Gasteiger partial charge in [-0.25, -0.2) is 0 Å². The quantitative estimate of drug-likeness (QED) is 0.620. The molecule has 1 aromatic carbocycles. The van der Waals surface area contributed by atoms with Crippen LogP contribution in [0.1, 0.15) is 16.1 Å². The third kappa shape index (κ3) is 3.19. The summed E-state index contributed by atoms with van der Waals surface area (Å²) in [5.74, 6) is 0.555. The first-order chi connectivity index (χ1) is 8.83. The van der Waals surface area contributed by atoms with Gasteiger partial charge in [-0.1, -0.05) is 0 Å². The van der Waals surface area contributed by atoms with Gasteiger partial charge in [0.15, 0.2) is 0 Å². The summed E-state index contributed by atoms with van der Waals surface area (Å²) in [5.41, 5.74) is 1.46. The average Bonchev–Trinajstić information content (AvgIpc) is 2.45. The number of carbonyl (C=O) groups is 1. The van der Waals surface area contributed by atoms with E-state index in [9.17, 15) is 4.79 Å². The number of methoxy groups -OCH3 is 1. The number of nitrogens with zero attached hydrogens (tertiary/aromatic N) is 1. The molecule has 92 valence electrons. The summed E-state index contributed by atoms with van der Waals surface area (Å²) in [6, 6.07) is 13.7. The Labute approximate surface area is 112 Å². The summed E-state index contributed by atoms with van der Waals surface area (Å²) >= 11 is 0.276. The summed E-state index contributed by atoms with van der Waals surface area (Å²) in [4.78, 5) is 15.3. The molecule has 0 fully saturated rings. The summed E-state index contributed by atoms with van der Waals surface area (Å²) in [6.45, 7) is 0. The number of pyridine rings is 1. The SMILES string of the molecule is COc1ccc(C=O)c(C[Se]c2ccccc2)n1. The number of ether oxygens (including phenoxy) is 1. The number of aromatic nitrogens is 1. The van der Waals surface area contributed by atoms with Crippen LogP contribution in [-0.2, 0) is 5.32 Å². The van der Waals surface area contributed by atoms with Gasteiger partial charge >= 0.3 is 112 Å². The number of carbonyl (C=O) groups excluding carboxylic acids is 1. The topological polar surface area (TPSA) is 39.2 Å². The number of rotatable bonds is 5. The van der Waals surface area contributed by atoms with Gasteiger partial charge in [0.1, 0.15) is 0 Å². The zero-order valence-electron chi connectivity index (χ0n) is 10.00. The van der Waals surface area contributed by atoms with Gasteiger partial charge in [0.25, 0.3) is 0 Å². The maximum absolute atomic E-state index is 11.0. The van der Waals surface area contributed by atoms with Crippen LogP contribution in [0.2, 0.25) is 0 Å². The van der Waals surface area contributed by atoms with Crippen LogP contribution in [0.5, 0.6) is 5.88 Å². The van der Waals surface area contributed by atoms with Gasteiger partial charge in [0, 0.05) is 0 Å². The molecule has 0 N–H and O–H groups in total. The van der Waals surface area contributed by atoms with E-state index in [1.807, 2.05) is 18.2 Å². The van der Waals surface area contributed by atoms with Crippen molar-refractivity contribution in [2.24, 2.45) is 0 Å². The molecule has 0 spiro atoms. The van der Waals surface area contributed by atoms with E-state index < -0.39 is 0 Å². The molecule has 2 rings (SSSR count). The number of hydrogen-bond donors (Lipinski definition) is 0. The Morgan fingerprint density at radius 2 is 2.00 bits per heavy atom. The number of hydrogen-bond acceptors (Lipinski definition) is 3. The molecule has 3 nitrogen and oxygen atoms in total. The Kier molecular flexibility index (Phi) is 4.51. The van der Waals surface area contributed by atoms with E-state index in [1.165, 1.54) is 4.46 Å². The van der Waals surface area contributed by atoms with Crippen molar-refractivity contribution < 1.29 is 9.53 Å². The summed E-state index contributed by atoms with van der Waals surface area (Å²) in [7, 11) is 1.58. The molecular weight excluding hydrogens is 293 g/mol. The Balaban J connectivity index is 2.15. The first-order valence-corrected chi connectivity index (χ1v) is 7.57. The van der Waals surface area contributed by atoms with Crippen LogP contribution in [0.15, 0.2) is 42.5 Å². The maximum atomic E-state index is 11.0. The van der Waals surface area contributed by atoms with E-state index in [0.29, 0.717) is 11.4 Å². The van der Waals surface area contributed by atoms with E-state index in [0.717, 1.165) is 17.3 Å². The molecule has 18 heavy (non-hydrogen) atoms. The molecule has 2 aromatic rings. The standard InChI is InChI=1S/C14H13NO2Se/c1-17-14-8-7-11(9-16)13(15-14)10-18-12-5-3-2-4-6-12/h2-9H,10H2,1H3. The van der Waals surface area contributed by atoms with Crippen LogP contribution in [0.3, 0.4) is 0 Å². The molecule has 0 unspecified atom stereocenters. The fraction of sp³-hybridized carbons (Fsp3) is 0.143. The second-order valence-corrected chi connectivity index (χ2v) is 5.81. The molecule has 0 aliphatic heterocycles. The molecular formula is C14H13NO2Se. The molecule has 0 amide bonds. The molecule has 0 saturated heterocycles. The summed E-state index contributed by atoms with van der Waals surface area (Å²) in [5, 5.41) is 0.794. The van der Waals surface area contributed by atoms with Gasteiger partial charge in [-0.05, 0) is 0 Å². The summed E-state index contributed by atoms with van der Waals surface area (Å²) < 4.78 is 6.38. The molecule has 1 heterocycles. The molecule has 0 aliphatic rings. The van der Waals surface area contributed by atoms with Crippen molar-refractivity contribution in [1.82, 2.24) is 4.98 Å². The zero-order valence-corrected chi connectivity index (χ0v) is 11.7. The first kappa shape index (κ1) is 12.8. The predicted molar refractivity (Wildman–Crippen MR) is 71.7 cm³/mol. The van der Waals surface area contributed by atoms with E-state index in [4.69, 9.17) is 4.74 Å². The molecule has 0 radical (unpaired) electrons. The minimum absolute atomic E-state index is 0.276. The van der Waals surface area contributed by atoms with E-state index in [1.54, 1.807) is 19.2 Å². The van der Waals surface area contributed by atoms with Crippen LogP contribution in [0.25, 0.3) is 0 Å². The Bertz CT molecular complexity index is 529. The zero-order chi connectivity index (χ0) is 12.8. The fourth-order valence-electron chi connectivity index (χ4n) is 1.50. The van der Waals surface area contributed by atoms with Gasteiger partial charge in [-0.15, -0.1) is 0 Å². The Morgan fingerprint density at radius 1 is 1.22 bits per heavy atom. The minimum atomic E-state index is 0.276. The van der Waals surface area contributed by atoms with Gasteiger partial charge < -0.3 is 0 Å². The van der Waals surface area contributed by atoms with Crippen molar-refractivity contribution in [1.29, 1.82) is 0 Å². The van der Waals surface area contributed by atoms with Crippen molar-refractivity contribution in [3.8, 4) is 5.88 Å². The van der Waals surface area contributed by atoms with Crippen molar-refractivity contribution in [3.05, 3.63) is 53.7 Å². The molecule has 0 atom stereocenters. The van der Waals surface area contributed by atoms with Gasteiger partial charge in [0.2, 0.25) is 0 Å². The second-order valence-electron chi connectivity index (χ2n) is 3.61. The molecule has 0 aliphatic carbocycles. The van der Waals surface area contributed by atoms with Crippen molar-refractivity contribution in [2.75, 3.05) is 7.11 Å². The second kappa shape index (κ2) is 6.33. The number of benzene rings is 1. The monoisotopic (exact) mass is 307 g/mol. The molecule has 1 aromatic heterocycles. The number of aldehydes is 1. The summed E-state index contributed by atoms with van der Waals surface area (Å²) in [6.07, 6.45) is 0.850. The van der Waals surface area contributed by atoms with Crippen LogP contribution in [-0.4, -0.2) is 33.3 Å². The first-order valence-electron chi connectivity index (χ1n) is 5.50. The normalized spacial score (nSPS) is 10.1. The van der Waals surface area contributed by atoms with Crippen LogP contribution in [0, 0.1) is 0 Å². The van der Waals surface area contributed by atoms with E-state index in [-0.39, 0.29) is 15.0 Å². The fourth-order valence-corrected chi connectivity index (χ4v) is 3.35. The molecule has 0 bridgehead atoms. The third-order valence-electron chi connectivity index (χ3n) is 2.44. The molecule has 0 saturated carbocycles. The van der Waals surface area contributed by atoms with Crippen LogP contribution < -0.4 is 9.20 Å². The third-order valence-corrected chi connectivity index (χ3v) is 4.59. The molecule has 4 heteroatoms. The van der Waals surface area contributed by atoms with E-state index in [2.05, 4.69) is 17.1 Å². The van der Waals surface area contributed by atoms with Crippen molar-refractivity contribution in [3.63, 3.8) is 0 Å². The van der Waals surface area contributed by atoms with Crippen LogP contribution >= 0.6 is 0 Å². The van der Waals surface area contributed by atoms with Gasteiger partial charge in [-0.3, -0.25) is 0 Å². The Hall–Kier alpha value is -1.64. The predicted octanol–water partition coefficient (Wildman–Crippen LogP) is 1.43. The van der Waals surface area contributed by atoms with Crippen molar-refractivity contribution >= 4 is 25.7 Å².